The van der Waals surface area contributed by atoms with Gasteiger partial charge in [0, 0.05) is 19.0 Å². The second-order valence-corrected chi connectivity index (χ2v) is 5.07. The minimum atomic E-state index is -0.239. The molecule has 0 bridgehead atoms. The molecule has 0 aromatic heterocycles. The van der Waals surface area contributed by atoms with Crippen LogP contribution in [-0.2, 0) is 16.0 Å². The molecular weight excluding hydrogens is 240 g/mol. The predicted molar refractivity (Wildman–Crippen MR) is 73.3 cm³/mol. The van der Waals surface area contributed by atoms with Gasteiger partial charge in [0.15, 0.2) is 0 Å². The fraction of sp³-hybridized carbons (Fsp3) is 0.467. The van der Waals surface area contributed by atoms with E-state index in [1.165, 1.54) is 0 Å². The van der Waals surface area contributed by atoms with Crippen LogP contribution in [-0.4, -0.2) is 29.8 Å². The Morgan fingerprint density at radius 3 is 2.58 bits per heavy atom. The van der Waals surface area contributed by atoms with Crippen molar-refractivity contribution in [2.24, 2.45) is 11.7 Å². The SMILES string of the molecule is NC(=O)C1CCCN(C(=O)Cc2ccccc2)CC1. The summed E-state index contributed by atoms with van der Waals surface area (Å²) in [5.41, 5.74) is 6.37. The summed E-state index contributed by atoms with van der Waals surface area (Å²) >= 11 is 0. The van der Waals surface area contributed by atoms with Gasteiger partial charge in [-0.1, -0.05) is 30.3 Å². The zero-order chi connectivity index (χ0) is 13.7. The number of amides is 2. The summed E-state index contributed by atoms with van der Waals surface area (Å²) in [4.78, 5) is 25.3. The van der Waals surface area contributed by atoms with Crippen LogP contribution in [0.5, 0.6) is 0 Å². The lowest BCUT2D eigenvalue weighted by atomic mass is 10.0. The highest BCUT2D eigenvalue weighted by molar-refractivity contribution is 5.79. The summed E-state index contributed by atoms with van der Waals surface area (Å²) in [5.74, 6) is -0.178. The molecule has 1 fully saturated rings. The molecule has 1 aromatic rings. The van der Waals surface area contributed by atoms with E-state index in [-0.39, 0.29) is 17.7 Å². The van der Waals surface area contributed by atoms with Crippen LogP contribution >= 0.6 is 0 Å². The lowest BCUT2D eigenvalue weighted by Crippen LogP contribution is -2.33. The first-order chi connectivity index (χ1) is 9.16. The number of carbonyl (C=O) groups excluding carboxylic acids is 2. The number of carbonyl (C=O) groups is 2. The van der Waals surface area contributed by atoms with Crippen molar-refractivity contribution in [3.63, 3.8) is 0 Å². The monoisotopic (exact) mass is 260 g/mol. The lowest BCUT2D eigenvalue weighted by molar-refractivity contribution is -0.130. The number of nitrogens with two attached hydrogens (primary N) is 1. The van der Waals surface area contributed by atoms with Crippen LogP contribution in [0.15, 0.2) is 30.3 Å². The summed E-state index contributed by atoms with van der Waals surface area (Å²) in [6.07, 6.45) is 2.77. The number of primary amides is 1. The van der Waals surface area contributed by atoms with Crippen LogP contribution in [0.2, 0.25) is 0 Å². The summed E-state index contributed by atoms with van der Waals surface area (Å²) < 4.78 is 0. The second kappa shape index (κ2) is 6.36. The maximum absolute atomic E-state index is 12.2. The highest BCUT2D eigenvalue weighted by atomic mass is 16.2. The molecule has 1 aliphatic heterocycles. The van der Waals surface area contributed by atoms with Crippen LogP contribution in [0.4, 0.5) is 0 Å². The Kier molecular flexibility index (Phi) is 4.55. The number of benzene rings is 1. The van der Waals surface area contributed by atoms with E-state index < -0.39 is 0 Å². The van der Waals surface area contributed by atoms with E-state index in [0.29, 0.717) is 19.4 Å². The zero-order valence-electron chi connectivity index (χ0n) is 11.0. The molecular formula is C15H20N2O2. The van der Waals surface area contributed by atoms with Crippen molar-refractivity contribution in [1.29, 1.82) is 0 Å². The molecule has 4 heteroatoms. The van der Waals surface area contributed by atoms with Crippen LogP contribution in [0.3, 0.4) is 0 Å². The molecule has 1 unspecified atom stereocenters. The fourth-order valence-electron chi connectivity index (χ4n) is 2.51. The van der Waals surface area contributed by atoms with Gasteiger partial charge in [0.05, 0.1) is 6.42 Å². The van der Waals surface area contributed by atoms with E-state index in [1.807, 2.05) is 35.2 Å². The van der Waals surface area contributed by atoms with Crippen LogP contribution in [0.25, 0.3) is 0 Å². The van der Waals surface area contributed by atoms with Crippen molar-refractivity contribution in [3.8, 4) is 0 Å². The lowest BCUT2D eigenvalue weighted by Gasteiger charge is -2.20. The summed E-state index contributed by atoms with van der Waals surface area (Å²) in [6.45, 7) is 1.37. The number of likely N-dealkylation sites (tertiary alicyclic amines) is 1. The Morgan fingerprint density at radius 2 is 1.89 bits per heavy atom. The molecule has 1 saturated heterocycles. The Morgan fingerprint density at radius 1 is 1.16 bits per heavy atom. The highest BCUT2D eigenvalue weighted by Crippen LogP contribution is 2.17. The normalized spacial score (nSPS) is 19.8. The first-order valence-corrected chi connectivity index (χ1v) is 6.78. The Balaban J connectivity index is 1.91. The average molecular weight is 260 g/mol. The van der Waals surface area contributed by atoms with Gasteiger partial charge in [-0.15, -0.1) is 0 Å². The van der Waals surface area contributed by atoms with Crippen molar-refractivity contribution in [2.45, 2.75) is 25.7 Å². The minimum Gasteiger partial charge on any atom is -0.369 e. The molecule has 2 amide bonds. The topological polar surface area (TPSA) is 63.4 Å². The van der Waals surface area contributed by atoms with Crippen LogP contribution in [0.1, 0.15) is 24.8 Å². The minimum absolute atomic E-state index is 0.0745. The molecule has 2 rings (SSSR count). The van der Waals surface area contributed by atoms with Crippen molar-refractivity contribution in [2.75, 3.05) is 13.1 Å². The Bertz CT molecular complexity index is 445. The third kappa shape index (κ3) is 3.81. The van der Waals surface area contributed by atoms with E-state index in [1.54, 1.807) is 0 Å². The molecule has 1 aliphatic rings. The maximum Gasteiger partial charge on any atom is 0.226 e. The van der Waals surface area contributed by atoms with E-state index in [0.717, 1.165) is 24.9 Å². The van der Waals surface area contributed by atoms with Crippen molar-refractivity contribution in [3.05, 3.63) is 35.9 Å². The van der Waals surface area contributed by atoms with Gasteiger partial charge in [0.25, 0.3) is 0 Å². The standard InChI is InChI=1S/C15H20N2O2/c16-15(19)13-7-4-9-17(10-8-13)14(18)11-12-5-2-1-3-6-12/h1-3,5-6,13H,4,7-11H2,(H2,16,19). The highest BCUT2D eigenvalue weighted by Gasteiger charge is 2.23. The average Bonchev–Trinajstić information content (AvgIpc) is 2.65. The van der Waals surface area contributed by atoms with E-state index in [2.05, 4.69) is 0 Å². The maximum atomic E-state index is 12.2. The number of nitrogens with zero attached hydrogens (tertiary/aromatic N) is 1. The fourth-order valence-corrected chi connectivity index (χ4v) is 2.51. The third-order valence-electron chi connectivity index (χ3n) is 3.68. The second-order valence-electron chi connectivity index (χ2n) is 5.07. The predicted octanol–water partition coefficient (Wildman–Crippen LogP) is 1.34. The van der Waals surface area contributed by atoms with Gasteiger partial charge < -0.3 is 10.6 Å². The molecule has 1 aromatic carbocycles. The van der Waals surface area contributed by atoms with Gasteiger partial charge in [0.2, 0.25) is 11.8 Å². The molecule has 4 nitrogen and oxygen atoms in total. The molecule has 0 spiro atoms. The molecule has 1 atom stereocenters. The van der Waals surface area contributed by atoms with E-state index in [9.17, 15) is 9.59 Å². The first kappa shape index (κ1) is 13.6. The quantitative estimate of drug-likeness (QED) is 0.891. The molecule has 19 heavy (non-hydrogen) atoms. The smallest absolute Gasteiger partial charge is 0.226 e. The Labute approximate surface area is 113 Å². The van der Waals surface area contributed by atoms with Crippen LogP contribution < -0.4 is 5.73 Å². The summed E-state index contributed by atoms with van der Waals surface area (Å²) in [5, 5.41) is 0. The molecule has 1 heterocycles. The number of hydrogen-bond acceptors (Lipinski definition) is 2. The molecule has 102 valence electrons. The largest absolute Gasteiger partial charge is 0.369 e. The van der Waals surface area contributed by atoms with Gasteiger partial charge in [-0.05, 0) is 24.8 Å². The molecule has 0 saturated carbocycles. The third-order valence-corrected chi connectivity index (χ3v) is 3.68. The summed E-state index contributed by atoms with van der Waals surface area (Å²) in [7, 11) is 0. The molecule has 2 N–H and O–H groups in total. The first-order valence-electron chi connectivity index (χ1n) is 6.78. The van der Waals surface area contributed by atoms with Gasteiger partial charge >= 0.3 is 0 Å². The summed E-state index contributed by atoms with van der Waals surface area (Å²) in [6, 6.07) is 9.74. The van der Waals surface area contributed by atoms with Gasteiger partial charge in [-0.3, -0.25) is 9.59 Å². The van der Waals surface area contributed by atoms with Gasteiger partial charge in [0.1, 0.15) is 0 Å². The van der Waals surface area contributed by atoms with Crippen LogP contribution in [0, 0.1) is 5.92 Å². The van der Waals surface area contributed by atoms with E-state index in [4.69, 9.17) is 5.73 Å². The zero-order valence-corrected chi connectivity index (χ0v) is 11.0. The van der Waals surface area contributed by atoms with E-state index >= 15 is 0 Å². The van der Waals surface area contributed by atoms with Gasteiger partial charge in [-0.2, -0.15) is 0 Å². The van der Waals surface area contributed by atoms with Crippen molar-refractivity contribution >= 4 is 11.8 Å². The number of hydrogen-bond donors (Lipinski definition) is 1. The molecule has 0 aliphatic carbocycles. The van der Waals surface area contributed by atoms with Gasteiger partial charge in [-0.25, -0.2) is 0 Å². The Hall–Kier alpha value is -1.84. The van der Waals surface area contributed by atoms with Crippen molar-refractivity contribution < 1.29 is 9.59 Å². The number of rotatable bonds is 3. The van der Waals surface area contributed by atoms with Crippen molar-refractivity contribution in [1.82, 2.24) is 4.90 Å². The molecule has 0 radical (unpaired) electrons.